The predicted octanol–water partition coefficient (Wildman–Crippen LogP) is 1.87. The third kappa shape index (κ3) is 2.82. The molecule has 18 heavy (non-hydrogen) atoms. The number of carbonyl (C=O) groups excluding carboxylic acids is 1. The molecule has 6 heteroatoms. The minimum atomic E-state index is -0.403. The van der Waals surface area contributed by atoms with Crippen LogP contribution in [0.5, 0.6) is 0 Å². The quantitative estimate of drug-likeness (QED) is 0.887. The van der Waals surface area contributed by atoms with Gasteiger partial charge in [-0.1, -0.05) is 29.8 Å². The van der Waals surface area contributed by atoms with E-state index in [1.54, 1.807) is 24.3 Å². The fourth-order valence-corrected chi connectivity index (χ4v) is 1.50. The fourth-order valence-electron chi connectivity index (χ4n) is 1.40. The molecule has 1 amide bonds. The first-order chi connectivity index (χ1) is 8.70. The van der Waals surface area contributed by atoms with E-state index in [9.17, 15) is 4.79 Å². The predicted molar refractivity (Wildman–Crippen MR) is 67.4 cm³/mol. The van der Waals surface area contributed by atoms with Crippen molar-refractivity contribution in [3.8, 4) is 0 Å². The van der Waals surface area contributed by atoms with Gasteiger partial charge in [-0.15, -0.1) is 10.2 Å². The maximum absolute atomic E-state index is 11.9. The summed E-state index contributed by atoms with van der Waals surface area (Å²) in [6.07, 6.45) is 0. The van der Waals surface area contributed by atoms with Crippen LogP contribution in [0.3, 0.4) is 0 Å². The van der Waals surface area contributed by atoms with E-state index in [1.165, 1.54) is 12.1 Å². The van der Waals surface area contributed by atoms with Gasteiger partial charge < -0.3 is 10.4 Å². The number of para-hydroxylation sites is 1. The molecule has 0 aliphatic rings. The Bertz CT molecular complexity index is 558. The summed E-state index contributed by atoms with van der Waals surface area (Å²) in [5.74, 6) is -0.403. The number of nitrogens with zero attached hydrogens (tertiary/aromatic N) is 2. The fraction of sp³-hybridized carbons (Fsp3) is 0.0833. The van der Waals surface area contributed by atoms with Crippen molar-refractivity contribution in [1.82, 2.24) is 10.2 Å². The molecule has 2 aromatic rings. The molecular weight excluding hydrogens is 254 g/mol. The molecule has 0 saturated heterocycles. The molecule has 0 aliphatic carbocycles. The van der Waals surface area contributed by atoms with E-state index >= 15 is 0 Å². The van der Waals surface area contributed by atoms with Crippen molar-refractivity contribution in [2.75, 3.05) is 5.32 Å². The number of benzene rings is 1. The molecule has 0 atom stereocenters. The molecule has 0 fully saturated rings. The van der Waals surface area contributed by atoms with E-state index in [2.05, 4.69) is 15.5 Å². The van der Waals surface area contributed by atoms with Crippen molar-refractivity contribution in [1.29, 1.82) is 0 Å². The number of aliphatic hydroxyl groups is 1. The van der Waals surface area contributed by atoms with Crippen LogP contribution in [-0.2, 0) is 6.61 Å². The number of rotatable bonds is 3. The number of anilines is 1. The van der Waals surface area contributed by atoms with Gasteiger partial charge in [-0.25, -0.2) is 0 Å². The van der Waals surface area contributed by atoms with Crippen molar-refractivity contribution in [2.45, 2.75) is 6.61 Å². The second-order valence-electron chi connectivity index (χ2n) is 3.51. The average Bonchev–Trinajstić information content (AvgIpc) is 2.40. The van der Waals surface area contributed by atoms with Crippen LogP contribution in [-0.4, -0.2) is 21.2 Å². The Balaban J connectivity index is 2.18. The standard InChI is InChI=1S/C12H10ClN3O2/c13-11-6-5-10(15-16-11)12(18)14-9-4-2-1-3-8(9)7-17/h1-6,17H,7H2,(H,14,18). The van der Waals surface area contributed by atoms with Gasteiger partial charge in [0.25, 0.3) is 5.91 Å². The maximum Gasteiger partial charge on any atom is 0.276 e. The largest absolute Gasteiger partial charge is 0.392 e. The summed E-state index contributed by atoms with van der Waals surface area (Å²) in [4.78, 5) is 11.9. The summed E-state index contributed by atoms with van der Waals surface area (Å²) in [6.45, 7) is -0.150. The minimum absolute atomic E-state index is 0.150. The molecule has 0 spiro atoms. The highest BCUT2D eigenvalue weighted by Crippen LogP contribution is 2.15. The van der Waals surface area contributed by atoms with Crippen LogP contribution >= 0.6 is 11.6 Å². The first-order valence-corrected chi connectivity index (χ1v) is 5.58. The van der Waals surface area contributed by atoms with Gasteiger partial charge in [0.05, 0.1) is 6.61 Å². The molecular formula is C12H10ClN3O2. The topological polar surface area (TPSA) is 75.1 Å². The van der Waals surface area contributed by atoms with E-state index in [0.717, 1.165) is 0 Å². The minimum Gasteiger partial charge on any atom is -0.392 e. The number of hydrogen-bond acceptors (Lipinski definition) is 4. The lowest BCUT2D eigenvalue weighted by molar-refractivity contribution is 0.102. The van der Waals surface area contributed by atoms with Crippen molar-refractivity contribution in [3.63, 3.8) is 0 Å². The molecule has 2 N–H and O–H groups in total. The van der Waals surface area contributed by atoms with Crippen LogP contribution in [0.15, 0.2) is 36.4 Å². The molecule has 5 nitrogen and oxygen atoms in total. The SMILES string of the molecule is O=C(Nc1ccccc1CO)c1ccc(Cl)nn1. The highest BCUT2D eigenvalue weighted by Gasteiger charge is 2.10. The van der Waals surface area contributed by atoms with E-state index in [0.29, 0.717) is 11.3 Å². The number of aromatic nitrogens is 2. The average molecular weight is 264 g/mol. The number of carbonyl (C=O) groups is 1. The van der Waals surface area contributed by atoms with Gasteiger partial charge in [-0.2, -0.15) is 0 Å². The molecule has 92 valence electrons. The number of nitrogens with one attached hydrogen (secondary N) is 1. The van der Waals surface area contributed by atoms with Crippen LogP contribution in [0, 0.1) is 0 Å². The summed E-state index contributed by atoms with van der Waals surface area (Å²) >= 11 is 5.59. The summed E-state index contributed by atoms with van der Waals surface area (Å²) in [7, 11) is 0. The highest BCUT2D eigenvalue weighted by molar-refractivity contribution is 6.29. The Kier molecular flexibility index (Phi) is 3.86. The third-order valence-electron chi connectivity index (χ3n) is 2.30. The molecule has 0 radical (unpaired) electrons. The first-order valence-electron chi connectivity index (χ1n) is 5.20. The zero-order valence-electron chi connectivity index (χ0n) is 9.30. The Hall–Kier alpha value is -1.98. The van der Waals surface area contributed by atoms with E-state index < -0.39 is 5.91 Å². The zero-order chi connectivity index (χ0) is 13.0. The number of aliphatic hydroxyl groups excluding tert-OH is 1. The van der Waals surface area contributed by atoms with Crippen molar-refractivity contribution < 1.29 is 9.90 Å². The Morgan fingerprint density at radius 1 is 1.22 bits per heavy atom. The van der Waals surface area contributed by atoms with Crippen LogP contribution in [0.2, 0.25) is 5.15 Å². The molecule has 0 saturated carbocycles. The summed E-state index contributed by atoms with van der Waals surface area (Å²) in [5, 5.41) is 19.3. The molecule has 1 heterocycles. The van der Waals surface area contributed by atoms with Gasteiger partial charge in [0, 0.05) is 11.3 Å². The number of amides is 1. The Labute approximate surface area is 108 Å². The molecule has 2 rings (SSSR count). The summed E-state index contributed by atoms with van der Waals surface area (Å²) in [6, 6.07) is 9.94. The molecule has 0 bridgehead atoms. The smallest absolute Gasteiger partial charge is 0.276 e. The van der Waals surface area contributed by atoms with Crippen molar-refractivity contribution in [2.24, 2.45) is 0 Å². The first kappa shape index (κ1) is 12.5. The van der Waals surface area contributed by atoms with Gasteiger partial charge in [-0.3, -0.25) is 4.79 Å². The third-order valence-corrected chi connectivity index (χ3v) is 2.50. The second kappa shape index (κ2) is 5.57. The van der Waals surface area contributed by atoms with Gasteiger partial charge in [-0.05, 0) is 18.2 Å². The van der Waals surface area contributed by atoms with Gasteiger partial charge >= 0.3 is 0 Å². The summed E-state index contributed by atoms with van der Waals surface area (Å²) < 4.78 is 0. The lowest BCUT2D eigenvalue weighted by Crippen LogP contribution is -2.15. The second-order valence-corrected chi connectivity index (χ2v) is 3.90. The molecule has 0 unspecified atom stereocenters. The molecule has 1 aromatic heterocycles. The van der Waals surface area contributed by atoms with Crippen LogP contribution < -0.4 is 5.32 Å². The molecule has 1 aromatic carbocycles. The number of halogens is 1. The number of hydrogen-bond donors (Lipinski definition) is 2. The van der Waals surface area contributed by atoms with Crippen molar-refractivity contribution in [3.05, 3.63) is 52.8 Å². The molecule has 0 aliphatic heterocycles. The lowest BCUT2D eigenvalue weighted by Gasteiger charge is -2.08. The van der Waals surface area contributed by atoms with Gasteiger partial charge in [0.15, 0.2) is 10.8 Å². The van der Waals surface area contributed by atoms with Gasteiger partial charge in [0.2, 0.25) is 0 Å². The van der Waals surface area contributed by atoms with E-state index in [4.69, 9.17) is 16.7 Å². The maximum atomic E-state index is 11.9. The Morgan fingerprint density at radius 3 is 2.67 bits per heavy atom. The highest BCUT2D eigenvalue weighted by atomic mass is 35.5. The van der Waals surface area contributed by atoms with Crippen LogP contribution in [0.25, 0.3) is 0 Å². The van der Waals surface area contributed by atoms with Crippen LogP contribution in [0.4, 0.5) is 5.69 Å². The summed E-state index contributed by atoms with van der Waals surface area (Å²) in [5.41, 5.74) is 1.33. The Morgan fingerprint density at radius 2 is 2.00 bits per heavy atom. The normalized spacial score (nSPS) is 10.1. The zero-order valence-corrected chi connectivity index (χ0v) is 10.1. The van der Waals surface area contributed by atoms with Crippen LogP contribution in [0.1, 0.15) is 16.1 Å². The van der Waals surface area contributed by atoms with E-state index in [1.807, 2.05) is 0 Å². The van der Waals surface area contributed by atoms with Crippen molar-refractivity contribution >= 4 is 23.2 Å². The van der Waals surface area contributed by atoms with Gasteiger partial charge in [0.1, 0.15) is 0 Å². The monoisotopic (exact) mass is 263 g/mol. The van der Waals surface area contributed by atoms with E-state index in [-0.39, 0.29) is 17.5 Å². The lowest BCUT2D eigenvalue weighted by atomic mass is 10.2.